The van der Waals surface area contributed by atoms with Gasteiger partial charge >= 0.3 is 0 Å². The standard InChI is InChI=1S/C64H48OSi/c1-64(2)57-32-18-30-53(45-22-10-4-11-23-45)62(57)54-40-36-48(43-58(54)64)61(55-31-19-33-60-63(55)56-42-47(37-41-59(56)65-60)44-20-8-3-9-21-44)46-34-38-52(39-35-46)66(49-24-12-5-13-25-49,50-26-14-6-15-27-50)51-28-16-7-17-29-51/h3-43,61H,1-2H3. The van der Waals surface area contributed by atoms with E-state index in [1.165, 1.54) is 81.9 Å². The Hall–Kier alpha value is -7.78. The first-order chi connectivity index (χ1) is 32.5. The van der Waals surface area contributed by atoms with Gasteiger partial charge in [-0.05, 0) is 100 Å². The Morgan fingerprint density at radius 2 is 0.924 bits per heavy atom. The molecule has 1 nitrogen and oxygen atoms in total. The highest BCUT2D eigenvalue weighted by molar-refractivity contribution is 7.19. The summed E-state index contributed by atoms with van der Waals surface area (Å²) in [5.74, 6) is -0.0939. The molecule has 0 N–H and O–H groups in total. The normalized spacial score (nSPS) is 13.4. The van der Waals surface area contributed by atoms with Crippen LogP contribution in [0.15, 0.2) is 253 Å². The maximum Gasteiger partial charge on any atom is 0.179 e. The minimum Gasteiger partial charge on any atom is -0.456 e. The SMILES string of the molecule is CC1(C)c2cc(C(c3ccc([Si](c4ccccc4)(c4ccccc4)c4ccccc4)cc3)c3cccc4oc5ccc(-c6ccccc6)cc5c34)ccc2-c2c(-c3ccccc3)cccc21. The Labute approximate surface area is 388 Å². The summed E-state index contributed by atoms with van der Waals surface area (Å²) in [7, 11) is -2.74. The van der Waals surface area contributed by atoms with Gasteiger partial charge in [-0.1, -0.05) is 244 Å². The van der Waals surface area contributed by atoms with Gasteiger partial charge in [-0.2, -0.15) is 0 Å². The van der Waals surface area contributed by atoms with Crippen molar-refractivity contribution in [2.45, 2.75) is 25.2 Å². The molecule has 0 saturated carbocycles. The van der Waals surface area contributed by atoms with Crippen LogP contribution in [-0.4, -0.2) is 8.07 Å². The maximum absolute atomic E-state index is 6.73. The van der Waals surface area contributed by atoms with Crippen LogP contribution in [0.5, 0.6) is 0 Å². The van der Waals surface area contributed by atoms with Crippen molar-refractivity contribution in [3.05, 3.63) is 277 Å². The zero-order valence-corrected chi connectivity index (χ0v) is 38.2. The number of fused-ring (bicyclic) bond motifs is 6. The molecule has 11 aromatic rings. The number of hydrogen-bond donors (Lipinski definition) is 0. The van der Waals surface area contributed by atoms with Crippen molar-refractivity contribution in [1.82, 2.24) is 0 Å². The smallest absolute Gasteiger partial charge is 0.179 e. The van der Waals surface area contributed by atoms with Crippen LogP contribution >= 0.6 is 0 Å². The van der Waals surface area contributed by atoms with Gasteiger partial charge in [-0.3, -0.25) is 0 Å². The highest BCUT2D eigenvalue weighted by Crippen LogP contribution is 2.53. The minimum atomic E-state index is -2.74. The van der Waals surface area contributed by atoms with Crippen molar-refractivity contribution in [3.8, 4) is 33.4 Å². The van der Waals surface area contributed by atoms with Gasteiger partial charge in [0.15, 0.2) is 8.07 Å². The van der Waals surface area contributed by atoms with Crippen molar-refractivity contribution in [1.29, 1.82) is 0 Å². The average molecular weight is 861 g/mol. The first-order valence-electron chi connectivity index (χ1n) is 23.1. The van der Waals surface area contributed by atoms with E-state index in [1.807, 2.05) is 0 Å². The lowest BCUT2D eigenvalue weighted by Gasteiger charge is -2.34. The fraction of sp³-hybridized carbons (Fsp3) is 0.0625. The second-order valence-corrected chi connectivity index (χ2v) is 22.1. The number of benzene rings is 10. The molecule has 66 heavy (non-hydrogen) atoms. The molecule has 12 rings (SSSR count). The van der Waals surface area contributed by atoms with Crippen LogP contribution in [-0.2, 0) is 5.41 Å². The molecule has 0 aliphatic heterocycles. The first-order valence-corrected chi connectivity index (χ1v) is 25.1. The molecule has 1 aliphatic rings. The lowest BCUT2D eigenvalue weighted by molar-refractivity contribution is 0.659. The van der Waals surface area contributed by atoms with E-state index in [2.05, 4.69) is 263 Å². The number of furan rings is 1. The molecule has 2 heteroatoms. The van der Waals surface area contributed by atoms with Gasteiger partial charge < -0.3 is 4.42 Å². The van der Waals surface area contributed by atoms with Crippen LogP contribution in [0.4, 0.5) is 0 Å². The topological polar surface area (TPSA) is 13.1 Å². The van der Waals surface area contributed by atoms with Crippen molar-refractivity contribution >= 4 is 50.8 Å². The van der Waals surface area contributed by atoms with Gasteiger partial charge in [-0.15, -0.1) is 0 Å². The molecule has 1 aromatic heterocycles. The van der Waals surface area contributed by atoms with E-state index in [9.17, 15) is 0 Å². The largest absolute Gasteiger partial charge is 0.456 e. The molecular weight excluding hydrogens is 813 g/mol. The monoisotopic (exact) mass is 860 g/mol. The van der Waals surface area contributed by atoms with E-state index in [-0.39, 0.29) is 11.3 Å². The molecule has 1 unspecified atom stereocenters. The van der Waals surface area contributed by atoms with Gasteiger partial charge in [0, 0.05) is 22.1 Å². The molecule has 314 valence electrons. The molecule has 0 spiro atoms. The molecule has 0 fully saturated rings. The Balaban J connectivity index is 1.09. The van der Waals surface area contributed by atoms with Gasteiger partial charge in [0.1, 0.15) is 11.2 Å². The highest BCUT2D eigenvalue weighted by atomic mass is 28.3. The second-order valence-electron chi connectivity index (χ2n) is 18.3. The quantitative estimate of drug-likeness (QED) is 0.104. The van der Waals surface area contributed by atoms with Crippen molar-refractivity contribution < 1.29 is 4.42 Å². The summed E-state index contributed by atoms with van der Waals surface area (Å²) in [6, 6.07) is 92.4. The molecule has 0 amide bonds. The third-order valence-corrected chi connectivity index (χ3v) is 19.2. The van der Waals surface area contributed by atoms with Gasteiger partial charge in [0.25, 0.3) is 0 Å². The molecule has 0 bridgehead atoms. The van der Waals surface area contributed by atoms with Crippen LogP contribution in [0.25, 0.3) is 55.3 Å². The molecular formula is C64H48OSi. The van der Waals surface area contributed by atoms with Crippen molar-refractivity contribution in [2.75, 3.05) is 0 Å². The van der Waals surface area contributed by atoms with Gasteiger partial charge in [0.2, 0.25) is 0 Å². The third kappa shape index (κ3) is 6.36. The van der Waals surface area contributed by atoms with E-state index in [1.54, 1.807) is 0 Å². The predicted octanol–water partition coefficient (Wildman–Crippen LogP) is 13.8. The molecule has 1 heterocycles. The molecule has 1 atom stereocenters. The zero-order chi connectivity index (χ0) is 44.2. The Morgan fingerprint density at radius 1 is 0.379 bits per heavy atom. The van der Waals surface area contributed by atoms with Crippen molar-refractivity contribution in [3.63, 3.8) is 0 Å². The third-order valence-electron chi connectivity index (χ3n) is 14.4. The van der Waals surface area contributed by atoms with E-state index < -0.39 is 8.07 Å². The van der Waals surface area contributed by atoms with E-state index in [0.29, 0.717) is 0 Å². The summed E-state index contributed by atoms with van der Waals surface area (Å²) in [5, 5.41) is 7.75. The van der Waals surface area contributed by atoms with Gasteiger partial charge in [0.05, 0.1) is 0 Å². The van der Waals surface area contributed by atoms with Crippen LogP contribution in [0, 0.1) is 0 Å². The lowest BCUT2D eigenvalue weighted by Crippen LogP contribution is -2.74. The summed E-state index contributed by atoms with van der Waals surface area (Å²) < 4.78 is 6.73. The molecule has 0 radical (unpaired) electrons. The number of hydrogen-bond acceptors (Lipinski definition) is 1. The summed E-state index contributed by atoms with van der Waals surface area (Å²) in [5.41, 5.74) is 15.6. The molecule has 1 aliphatic carbocycles. The van der Waals surface area contributed by atoms with Crippen molar-refractivity contribution in [2.24, 2.45) is 0 Å². The number of rotatable bonds is 9. The summed E-state index contributed by atoms with van der Waals surface area (Å²) in [6.07, 6.45) is 0. The van der Waals surface area contributed by atoms with Crippen LogP contribution in [0.2, 0.25) is 0 Å². The summed E-state index contributed by atoms with van der Waals surface area (Å²) in [6.45, 7) is 4.80. The zero-order valence-electron chi connectivity index (χ0n) is 37.2. The lowest BCUT2D eigenvalue weighted by atomic mass is 9.78. The Kier molecular flexibility index (Phi) is 9.66. The van der Waals surface area contributed by atoms with E-state index in [0.717, 1.165) is 21.9 Å². The minimum absolute atomic E-state index is 0.0939. The fourth-order valence-corrected chi connectivity index (χ4v) is 16.0. The second kappa shape index (κ2) is 16.0. The summed E-state index contributed by atoms with van der Waals surface area (Å²) >= 11 is 0. The predicted molar refractivity (Wildman–Crippen MR) is 280 cm³/mol. The van der Waals surface area contributed by atoms with Gasteiger partial charge in [-0.25, -0.2) is 0 Å². The maximum atomic E-state index is 6.73. The van der Waals surface area contributed by atoms with Crippen LogP contribution in [0.1, 0.15) is 47.6 Å². The molecule has 10 aromatic carbocycles. The highest BCUT2D eigenvalue weighted by Gasteiger charge is 2.42. The summed E-state index contributed by atoms with van der Waals surface area (Å²) in [4.78, 5) is 0. The Bertz CT molecular complexity index is 3420. The molecule has 0 saturated heterocycles. The average Bonchev–Trinajstić information content (AvgIpc) is 3.88. The first kappa shape index (κ1) is 39.8. The van der Waals surface area contributed by atoms with E-state index >= 15 is 0 Å². The fourth-order valence-electron chi connectivity index (χ4n) is 11.3. The van der Waals surface area contributed by atoms with Crippen LogP contribution in [0.3, 0.4) is 0 Å². The Morgan fingerprint density at radius 3 is 1.55 bits per heavy atom. The van der Waals surface area contributed by atoms with E-state index in [4.69, 9.17) is 4.42 Å². The van der Waals surface area contributed by atoms with Crippen LogP contribution < -0.4 is 20.7 Å².